The lowest BCUT2D eigenvalue weighted by Gasteiger charge is -2.39. The number of aromatic nitrogens is 2. The van der Waals surface area contributed by atoms with Gasteiger partial charge in [-0.1, -0.05) is 18.2 Å². The van der Waals surface area contributed by atoms with Crippen LogP contribution in [0.3, 0.4) is 0 Å². The summed E-state index contributed by atoms with van der Waals surface area (Å²) in [5, 5.41) is -0.127. The molecule has 0 amide bonds. The molecule has 204 valence electrons. The van der Waals surface area contributed by atoms with Crippen LogP contribution < -0.4 is 9.46 Å². The summed E-state index contributed by atoms with van der Waals surface area (Å²) >= 11 is 0. The standard InChI is InChI=1S/C26H28F4N4O3S/c1-33-15-25(31-16-33)38(35,36)32-6-9-37-24-14-20-18(12-22(24)27)13-23(34-7-3-8-34)21(20)11-17-4-2-5-19(10-17)26(28,29)30/h2,4-5,10,12,14-16,21,23,32H,3,6-9,11,13H2,1H3. The van der Waals surface area contributed by atoms with Gasteiger partial charge in [-0.05, 0) is 67.2 Å². The van der Waals surface area contributed by atoms with Crippen LogP contribution in [0.1, 0.15) is 34.6 Å². The van der Waals surface area contributed by atoms with Gasteiger partial charge in [-0.25, -0.2) is 22.5 Å². The van der Waals surface area contributed by atoms with E-state index in [0.29, 0.717) is 18.4 Å². The Morgan fingerprint density at radius 1 is 1.18 bits per heavy atom. The minimum Gasteiger partial charge on any atom is -0.489 e. The zero-order valence-corrected chi connectivity index (χ0v) is 21.5. The number of aryl methyl sites for hydroxylation is 1. The first-order valence-electron chi connectivity index (χ1n) is 12.3. The van der Waals surface area contributed by atoms with Gasteiger partial charge in [0.05, 0.1) is 11.9 Å². The molecule has 0 spiro atoms. The molecule has 2 unspecified atom stereocenters. The van der Waals surface area contributed by atoms with Crippen molar-refractivity contribution in [2.75, 3.05) is 26.2 Å². The zero-order valence-electron chi connectivity index (χ0n) is 20.7. The van der Waals surface area contributed by atoms with Crippen molar-refractivity contribution in [1.82, 2.24) is 19.2 Å². The summed E-state index contributed by atoms with van der Waals surface area (Å²) in [4.78, 5) is 6.11. The number of halogens is 4. The number of fused-ring (bicyclic) bond motifs is 1. The predicted molar refractivity (Wildman–Crippen MR) is 132 cm³/mol. The van der Waals surface area contributed by atoms with Crippen molar-refractivity contribution >= 4 is 10.0 Å². The molecular formula is C26H28F4N4O3S. The number of hydrogen-bond acceptors (Lipinski definition) is 5. The molecule has 1 aliphatic carbocycles. The Balaban J connectivity index is 1.32. The topological polar surface area (TPSA) is 76.5 Å². The molecule has 0 bridgehead atoms. The number of nitrogens with zero attached hydrogens (tertiary/aromatic N) is 3. The van der Waals surface area contributed by atoms with E-state index >= 15 is 0 Å². The van der Waals surface area contributed by atoms with E-state index in [1.54, 1.807) is 19.2 Å². The number of hydrogen-bond donors (Lipinski definition) is 1. The summed E-state index contributed by atoms with van der Waals surface area (Å²) < 4.78 is 88.9. The van der Waals surface area contributed by atoms with Crippen molar-refractivity contribution in [3.63, 3.8) is 0 Å². The van der Waals surface area contributed by atoms with E-state index in [4.69, 9.17) is 4.74 Å². The maximum atomic E-state index is 14.9. The first-order valence-corrected chi connectivity index (χ1v) is 13.8. The van der Waals surface area contributed by atoms with E-state index in [2.05, 4.69) is 14.6 Å². The Morgan fingerprint density at radius 3 is 2.63 bits per heavy atom. The van der Waals surface area contributed by atoms with Gasteiger partial charge in [0.15, 0.2) is 16.6 Å². The lowest BCUT2D eigenvalue weighted by atomic mass is 9.88. The quantitative estimate of drug-likeness (QED) is 0.322. The van der Waals surface area contributed by atoms with Gasteiger partial charge in [-0.15, -0.1) is 0 Å². The Bertz CT molecular complexity index is 1420. The number of sulfonamides is 1. The van der Waals surface area contributed by atoms with E-state index in [9.17, 15) is 26.0 Å². The van der Waals surface area contributed by atoms with Crippen LogP contribution in [0.2, 0.25) is 0 Å². The summed E-state index contributed by atoms with van der Waals surface area (Å²) in [5.74, 6) is -0.697. The van der Waals surface area contributed by atoms with Crippen molar-refractivity contribution in [2.45, 2.75) is 42.4 Å². The van der Waals surface area contributed by atoms with Gasteiger partial charge in [0.2, 0.25) is 0 Å². The smallest absolute Gasteiger partial charge is 0.416 e. The third-order valence-electron chi connectivity index (χ3n) is 7.16. The second kappa shape index (κ2) is 10.3. The van der Waals surface area contributed by atoms with Gasteiger partial charge < -0.3 is 9.30 Å². The van der Waals surface area contributed by atoms with Gasteiger partial charge in [-0.2, -0.15) is 13.2 Å². The lowest BCUT2D eigenvalue weighted by Crippen LogP contribution is -2.47. The molecule has 1 aliphatic heterocycles. The summed E-state index contributed by atoms with van der Waals surface area (Å²) in [6.07, 6.45) is 0.354. The SMILES string of the molecule is Cn1cnc(S(=O)(=O)NCCOc2cc3c(cc2F)CC(N2CCC2)C3Cc2cccc(C(F)(F)F)c2)c1. The molecule has 1 aromatic heterocycles. The van der Waals surface area contributed by atoms with Crippen LogP contribution in [0, 0.1) is 5.82 Å². The van der Waals surface area contributed by atoms with Gasteiger partial charge in [0, 0.05) is 31.7 Å². The van der Waals surface area contributed by atoms with Crippen LogP contribution in [-0.4, -0.2) is 55.2 Å². The third kappa shape index (κ3) is 5.57. The van der Waals surface area contributed by atoms with Gasteiger partial charge in [0.1, 0.15) is 6.61 Å². The average molecular weight is 553 g/mol. The maximum Gasteiger partial charge on any atom is 0.416 e. The number of likely N-dealkylation sites (tertiary alicyclic amines) is 1. The normalized spacial score (nSPS) is 19.8. The third-order valence-corrected chi connectivity index (χ3v) is 8.51. The van der Waals surface area contributed by atoms with E-state index in [1.807, 2.05) is 0 Å². The van der Waals surface area contributed by atoms with Crippen LogP contribution in [0.15, 0.2) is 53.9 Å². The lowest BCUT2D eigenvalue weighted by molar-refractivity contribution is -0.137. The molecule has 7 nitrogen and oxygen atoms in total. The minimum atomic E-state index is -4.43. The molecule has 1 fully saturated rings. The molecule has 2 heterocycles. The van der Waals surface area contributed by atoms with E-state index in [1.165, 1.54) is 35.3 Å². The number of ether oxygens (including phenoxy) is 1. The molecule has 0 saturated carbocycles. The average Bonchev–Trinajstić information content (AvgIpc) is 3.40. The Labute approximate surface area is 218 Å². The van der Waals surface area contributed by atoms with E-state index in [-0.39, 0.29) is 35.9 Å². The second-order valence-corrected chi connectivity index (χ2v) is 11.5. The van der Waals surface area contributed by atoms with E-state index < -0.39 is 27.6 Å². The minimum absolute atomic E-state index is 0.0147. The fourth-order valence-corrected chi connectivity index (χ4v) is 6.18. The van der Waals surface area contributed by atoms with Gasteiger partial charge in [0.25, 0.3) is 10.0 Å². The van der Waals surface area contributed by atoms with Crippen molar-refractivity contribution in [3.05, 3.63) is 77.0 Å². The largest absolute Gasteiger partial charge is 0.489 e. The fourth-order valence-electron chi connectivity index (χ4n) is 5.19. The second-order valence-electron chi connectivity index (χ2n) is 9.77. The molecule has 5 rings (SSSR count). The molecule has 3 aromatic rings. The summed E-state index contributed by atoms with van der Waals surface area (Å²) in [6, 6.07) is 8.46. The van der Waals surface area contributed by atoms with Gasteiger partial charge in [-0.3, -0.25) is 4.90 Å². The van der Waals surface area contributed by atoms with Crippen LogP contribution in [-0.2, 0) is 36.1 Å². The number of nitrogens with one attached hydrogen (secondary N) is 1. The molecule has 2 aromatic carbocycles. The highest BCUT2D eigenvalue weighted by molar-refractivity contribution is 7.89. The summed E-state index contributed by atoms with van der Waals surface area (Å²) in [6.45, 7) is 1.59. The van der Waals surface area contributed by atoms with Crippen molar-refractivity contribution in [1.29, 1.82) is 0 Å². The van der Waals surface area contributed by atoms with Crippen molar-refractivity contribution in [3.8, 4) is 5.75 Å². The van der Waals surface area contributed by atoms with Gasteiger partial charge >= 0.3 is 6.18 Å². The van der Waals surface area contributed by atoms with Crippen LogP contribution >= 0.6 is 0 Å². The Morgan fingerprint density at radius 2 is 1.97 bits per heavy atom. The number of imidazole rings is 1. The number of alkyl halides is 3. The molecule has 2 atom stereocenters. The molecule has 38 heavy (non-hydrogen) atoms. The molecule has 1 saturated heterocycles. The Kier molecular flexibility index (Phi) is 7.23. The predicted octanol–water partition coefficient (Wildman–Crippen LogP) is 3.89. The van der Waals surface area contributed by atoms with Crippen molar-refractivity contribution < 1.29 is 30.7 Å². The molecule has 2 aliphatic rings. The first kappa shape index (κ1) is 26.6. The molecular weight excluding hydrogens is 524 g/mol. The summed E-state index contributed by atoms with van der Waals surface area (Å²) in [7, 11) is -2.17. The monoisotopic (exact) mass is 552 g/mol. The van der Waals surface area contributed by atoms with Crippen LogP contribution in [0.5, 0.6) is 5.75 Å². The van der Waals surface area contributed by atoms with Crippen LogP contribution in [0.4, 0.5) is 17.6 Å². The molecule has 12 heteroatoms. The summed E-state index contributed by atoms with van der Waals surface area (Å²) in [5.41, 5.74) is 1.55. The molecule has 0 radical (unpaired) electrons. The number of benzene rings is 2. The first-order chi connectivity index (χ1) is 18.0. The van der Waals surface area contributed by atoms with E-state index in [0.717, 1.165) is 36.7 Å². The highest BCUT2D eigenvalue weighted by Crippen LogP contribution is 2.43. The molecule has 1 N–H and O–H groups in total. The maximum absolute atomic E-state index is 14.9. The number of rotatable bonds is 9. The van der Waals surface area contributed by atoms with Crippen LogP contribution in [0.25, 0.3) is 0 Å². The fraction of sp³-hybridized carbons (Fsp3) is 0.423. The van der Waals surface area contributed by atoms with Crippen molar-refractivity contribution in [2.24, 2.45) is 7.05 Å². The highest BCUT2D eigenvalue weighted by Gasteiger charge is 2.39. The zero-order chi connectivity index (χ0) is 27.1. The Hall–Kier alpha value is -2.96. The highest BCUT2D eigenvalue weighted by atomic mass is 32.2.